The fraction of sp³-hybridized carbons (Fsp3) is 0.143. The van der Waals surface area contributed by atoms with Crippen LogP contribution in [0.25, 0.3) is 11.1 Å². The largest absolute Gasteiger partial charge is 0.106 e. The Morgan fingerprint density at radius 2 is 1.27 bits per heavy atom. The number of hydrogen-bond donors (Lipinski definition) is 0. The molecular formula is C14H15P. The number of aryl methyl sites for hydroxylation is 2. The third-order valence-corrected chi connectivity index (χ3v) is 2.85. The minimum Gasteiger partial charge on any atom is -0.106 e. The summed E-state index contributed by atoms with van der Waals surface area (Å²) in [5.41, 5.74) is 5.23. The van der Waals surface area contributed by atoms with Crippen LogP contribution in [0.2, 0.25) is 0 Å². The molecule has 0 spiro atoms. The van der Waals surface area contributed by atoms with E-state index in [1.807, 2.05) is 0 Å². The van der Waals surface area contributed by atoms with Crippen LogP contribution >= 0.6 is 9.24 Å². The highest BCUT2D eigenvalue weighted by molar-refractivity contribution is 7.27. The van der Waals surface area contributed by atoms with Crippen LogP contribution in [-0.2, 0) is 0 Å². The summed E-state index contributed by atoms with van der Waals surface area (Å²) < 4.78 is 0. The molecule has 0 N–H and O–H groups in total. The van der Waals surface area contributed by atoms with Crippen molar-refractivity contribution in [2.75, 3.05) is 0 Å². The smallest absolute Gasteiger partial charge is 0.0179 e. The molecule has 1 unspecified atom stereocenters. The molecule has 0 fully saturated rings. The van der Waals surface area contributed by atoms with Crippen LogP contribution in [0.3, 0.4) is 0 Å². The highest BCUT2D eigenvalue weighted by Crippen LogP contribution is 2.21. The van der Waals surface area contributed by atoms with Gasteiger partial charge in [0.15, 0.2) is 0 Å². The lowest BCUT2D eigenvalue weighted by molar-refractivity contribution is 1.38. The van der Waals surface area contributed by atoms with E-state index in [-0.39, 0.29) is 0 Å². The third-order valence-electron chi connectivity index (χ3n) is 2.47. The van der Waals surface area contributed by atoms with Gasteiger partial charge in [0.2, 0.25) is 0 Å². The molecule has 76 valence electrons. The van der Waals surface area contributed by atoms with Gasteiger partial charge in [0.1, 0.15) is 0 Å². The number of hydrogen-bond acceptors (Lipinski definition) is 0. The second-order valence-corrected chi connectivity index (χ2v) is 4.67. The molecule has 15 heavy (non-hydrogen) atoms. The maximum atomic E-state index is 2.71. The van der Waals surface area contributed by atoms with Crippen molar-refractivity contribution in [3.05, 3.63) is 53.6 Å². The van der Waals surface area contributed by atoms with E-state index >= 15 is 0 Å². The minimum atomic E-state index is 1.23. The molecular weight excluding hydrogens is 199 g/mol. The Bertz CT molecular complexity index is 449. The number of rotatable bonds is 1. The minimum absolute atomic E-state index is 1.23. The Balaban J connectivity index is 2.49. The van der Waals surface area contributed by atoms with E-state index in [1.165, 1.54) is 27.6 Å². The lowest BCUT2D eigenvalue weighted by Gasteiger charge is -2.05. The topological polar surface area (TPSA) is 0 Å². The quantitative estimate of drug-likeness (QED) is 0.638. The third kappa shape index (κ3) is 2.46. The van der Waals surface area contributed by atoms with Gasteiger partial charge in [-0.1, -0.05) is 53.6 Å². The van der Waals surface area contributed by atoms with E-state index in [0.717, 1.165) is 0 Å². The van der Waals surface area contributed by atoms with Crippen LogP contribution in [0.1, 0.15) is 11.1 Å². The molecule has 0 saturated carbocycles. The van der Waals surface area contributed by atoms with Gasteiger partial charge in [0.05, 0.1) is 0 Å². The molecule has 0 heterocycles. The highest BCUT2D eigenvalue weighted by Gasteiger charge is 1.98. The molecule has 0 bridgehead atoms. The number of benzene rings is 2. The van der Waals surface area contributed by atoms with Crippen LogP contribution < -0.4 is 5.30 Å². The summed E-state index contributed by atoms with van der Waals surface area (Å²) in [4.78, 5) is 0. The molecule has 2 aromatic carbocycles. The maximum absolute atomic E-state index is 2.71. The van der Waals surface area contributed by atoms with Gasteiger partial charge in [0.25, 0.3) is 0 Å². The van der Waals surface area contributed by atoms with E-state index in [1.54, 1.807) is 0 Å². The molecule has 0 nitrogen and oxygen atoms in total. The summed E-state index contributed by atoms with van der Waals surface area (Å²) in [5.74, 6) is 0. The van der Waals surface area contributed by atoms with Crippen LogP contribution in [0, 0.1) is 13.8 Å². The van der Waals surface area contributed by atoms with Gasteiger partial charge in [-0.25, -0.2) is 0 Å². The van der Waals surface area contributed by atoms with Crippen molar-refractivity contribution < 1.29 is 0 Å². The normalized spacial score (nSPS) is 10.3. The summed E-state index contributed by atoms with van der Waals surface area (Å²) in [7, 11) is 2.71. The van der Waals surface area contributed by atoms with Crippen LogP contribution in [0.5, 0.6) is 0 Å². The predicted molar refractivity (Wildman–Crippen MR) is 70.7 cm³/mol. The Morgan fingerprint density at radius 3 is 1.80 bits per heavy atom. The molecule has 1 atom stereocenters. The van der Waals surface area contributed by atoms with Gasteiger partial charge in [-0.05, 0) is 30.3 Å². The molecule has 0 aliphatic carbocycles. The van der Waals surface area contributed by atoms with Crippen molar-refractivity contribution in [1.29, 1.82) is 0 Å². The van der Waals surface area contributed by atoms with Crippen molar-refractivity contribution in [3.63, 3.8) is 0 Å². The molecule has 1 heteroatoms. The van der Waals surface area contributed by atoms with E-state index in [9.17, 15) is 0 Å². The van der Waals surface area contributed by atoms with Gasteiger partial charge in [-0.2, -0.15) is 0 Å². The monoisotopic (exact) mass is 214 g/mol. The van der Waals surface area contributed by atoms with Gasteiger partial charge in [0, 0.05) is 0 Å². The average molecular weight is 214 g/mol. The lowest BCUT2D eigenvalue weighted by atomic mass is 10.0. The van der Waals surface area contributed by atoms with Crippen molar-refractivity contribution in [2.24, 2.45) is 0 Å². The summed E-state index contributed by atoms with van der Waals surface area (Å²) in [6.45, 7) is 4.28. The first-order valence-electron chi connectivity index (χ1n) is 5.09. The standard InChI is InChI=1S/C14H15P/c1-10-7-11(2)9-13(8-10)12-3-5-14(15)6-4-12/h3-9H,15H2,1-2H3. The van der Waals surface area contributed by atoms with E-state index in [0.29, 0.717) is 0 Å². The Labute approximate surface area is 93.5 Å². The summed E-state index contributed by atoms with van der Waals surface area (Å²) in [5, 5.41) is 1.23. The second-order valence-electron chi connectivity index (χ2n) is 4.00. The van der Waals surface area contributed by atoms with Gasteiger partial charge < -0.3 is 0 Å². The zero-order valence-corrected chi connectivity index (χ0v) is 10.3. The molecule has 2 rings (SSSR count). The molecule has 0 aliphatic rings. The van der Waals surface area contributed by atoms with Crippen LogP contribution in [0.15, 0.2) is 42.5 Å². The van der Waals surface area contributed by atoms with Crippen molar-refractivity contribution >= 4 is 14.5 Å². The predicted octanol–water partition coefficient (Wildman–Crippen LogP) is 3.47. The molecule has 0 radical (unpaired) electrons. The zero-order chi connectivity index (χ0) is 10.8. The molecule has 0 aliphatic heterocycles. The van der Waals surface area contributed by atoms with Crippen LogP contribution in [0.4, 0.5) is 0 Å². The fourth-order valence-electron chi connectivity index (χ4n) is 1.82. The Hall–Kier alpha value is -1.13. The first kappa shape index (κ1) is 10.4. The zero-order valence-electron chi connectivity index (χ0n) is 9.12. The summed E-state index contributed by atoms with van der Waals surface area (Å²) in [6, 6.07) is 15.2. The summed E-state index contributed by atoms with van der Waals surface area (Å²) >= 11 is 0. The Kier molecular flexibility index (Phi) is 2.88. The molecule has 0 amide bonds. The van der Waals surface area contributed by atoms with Crippen molar-refractivity contribution in [3.8, 4) is 11.1 Å². The van der Waals surface area contributed by atoms with E-state index < -0.39 is 0 Å². The van der Waals surface area contributed by atoms with E-state index in [4.69, 9.17) is 0 Å². The molecule has 2 aromatic rings. The second kappa shape index (κ2) is 4.16. The SMILES string of the molecule is Cc1cc(C)cc(-c2ccc(P)cc2)c1. The van der Waals surface area contributed by atoms with Gasteiger partial charge >= 0.3 is 0 Å². The van der Waals surface area contributed by atoms with E-state index in [2.05, 4.69) is 65.6 Å². The first-order valence-corrected chi connectivity index (χ1v) is 5.67. The maximum Gasteiger partial charge on any atom is -0.0179 e. The fourth-order valence-corrected chi connectivity index (χ4v) is 2.01. The molecule has 0 aromatic heterocycles. The van der Waals surface area contributed by atoms with Crippen LogP contribution in [-0.4, -0.2) is 0 Å². The highest BCUT2D eigenvalue weighted by atomic mass is 31.0. The van der Waals surface area contributed by atoms with Gasteiger partial charge in [-0.15, -0.1) is 9.24 Å². The van der Waals surface area contributed by atoms with Crippen molar-refractivity contribution in [2.45, 2.75) is 13.8 Å². The average Bonchev–Trinajstić information content (AvgIpc) is 2.17. The van der Waals surface area contributed by atoms with Crippen molar-refractivity contribution in [1.82, 2.24) is 0 Å². The first-order chi connectivity index (χ1) is 7.15. The molecule has 0 saturated heterocycles. The van der Waals surface area contributed by atoms with Gasteiger partial charge in [-0.3, -0.25) is 0 Å². The summed E-state index contributed by atoms with van der Waals surface area (Å²) in [6.07, 6.45) is 0. The Morgan fingerprint density at radius 1 is 0.733 bits per heavy atom. The lowest BCUT2D eigenvalue weighted by Crippen LogP contribution is -1.88.